The van der Waals surface area contributed by atoms with Crippen LogP contribution in [0.25, 0.3) is 0 Å². The number of hydrogen-bond donors (Lipinski definition) is 0. The minimum absolute atomic E-state index is 0.176. The SMILES string of the molecule is CC(=O)c1ccccc1OC(=O)COc1ccccc1Cl. The van der Waals surface area contributed by atoms with Crippen molar-refractivity contribution in [2.45, 2.75) is 6.92 Å². The van der Waals surface area contributed by atoms with Crippen LogP contribution in [0.1, 0.15) is 17.3 Å². The van der Waals surface area contributed by atoms with Crippen molar-refractivity contribution in [3.63, 3.8) is 0 Å². The molecule has 0 saturated carbocycles. The highest BCUT2D eigenvalue weighted by molar-refractivity contribution is 6.32. The number of benzene rings is 2. The fraction of sp³-hybridized carbons (Fsp3) is 0.125. The van der Waals surface area contributed by atoms with Crippen LogP contribution in [0.15, 0.2) is 48.5 Å². The van der Waals surface area contributed by atoms with E-state index in [4.69, 9.17) is 21.1 Å². The molecule has 0 aliphatic heterocycles. The number of carbonyl (C=O) groups excluding carboxylic acids is 2. The Kier molecular flexibility index (Phi) is 4.95. The molecule has 21 heavy (non-hydrogen) atoms. The van der Waals surface area contributed by atoms with Crippen LogP contribution in [0.2, 0.25) is 5.02 Å². The number of Topliss-reactive ketones (excluding diaryl/α,β-unsaturated/α-hetero) is 1. The molecule has 0 aromatic heterocycles. The number of rotatable bonds is 5. The van der Waals surface area contributed by atoms with Crippen LogP contribution in [0.3, 0.4) is 0 Å². The van der Waals surface area contributed by atoms with E-state index in [1.165, 1.54) is 6.92 Å². The van der Waals surface area contributed by atoms with Gasteiger partial charge >= 0.3 is 5.97 Å². The van der Waals surface area contributed by atoms with E-state index in [9.17, 15) is 9.59 Å². The molecule has 0 spiro atoms. The second-order valence-corrected chi connectivity index (χ2v) is 4.65. The molecule has 0 aliphatic carbocycles. The van der Waals surface area contributed by atoms with Crippen molar-refractivity contribution in [2.75, 3.05) is 6.61 Å². The first-order chi connectivity index (χ1) is 10.1. The summed E-state index contributed by atoms with van der Waals surface area (Å²) in [7, 11) is 0. The van der Waals surface area contributed by atoms with Gasteiger partial charge in [-0.25, -0.2) is 4.79 Å². The maximum atomic E-state index is 11.8. The van der Waals surface area contributed by atoms with Crippen molar-refractivity contribution in [3.8, 4) is 11.5 Å². The van der Waals surface area contributed by atoms with Crippen LogP contribution in [0, 0.1) is 0 Å². The molecule has 0 atom stereocenters. The summed E-state index contributed by atoms with van der Waals surface area (Å²) in [6, 6.07) is 13.4. The van der Waals surface area contributed by atoms with Crippen LogP contribution < -0.4 is 9.47 Å². The third-order valence-corrected chi connectivity index (χ3v) is 2.98. The van der Waals surface area contributed by atoms with E-state index in [-0.39, 0.29) is 18.1 Å². The van der Waals surface area contributed by atoms with Crippen LogP contribution in [0.5, 0.6) is 11.5 Å². The molecule has 2 rings (SSSR count). The lowest BCUT2D eigenvalue weighted by atomic mass is 10.1. The van der Waals surface area contributed by atoms with Crippen LogP contribution in [0.4, 0.5) is 0 Å². The quantitative estimate of drug-likeness (QED) is 0.482. The summed E-state index contributed by atoms with van der Waals surface area (Å²) < 4.78 is 10.4. The van der Waals surface area contributed by atoms with Crippen LogP contribution in [-0.4, -0.2) is 18.4 Å². The average Bonchev–Trinajstić information content (AvgIpc) is 2.47. The molecular weight excluding hydrogens is 292 g/mol. The Bertz CT molecular complexity index is 667. The minimum Gasteiger partial charge on any atom is -0.480 e. The summed E-state index contributed by atoms with van der Waals surface area (Å²) in [6.07, 6.45) is 0. The predicted octanol–water partition coefficient (Wildman–Crippen LogP) is 3.53. The molecule has 0 aliphatic rings. The average molecular weight is 305 g/mol. The summed E-state index contributed by atoms with van der Waals surface area (Å²) >= 11 is 5.91. The summed E-state index contributed by atoms with van der Waals surface area (Å²) in [5.41, 5.74) is 0.351. The first kappa shape index (κ1) is 15.1. The van der Waals surface area contributed by atoms with E-state index in [1.54, 1.807) is 48.5 Å². The standard InChI is InChI=1S/C16H13ClO4/c1-11(18)12-6-2-4-8-14(12)21-16(19)10-20-15-9-5-3-7-13(15)17/h2-9H,10H2,1H3. The van der Waals surface area contributed by atoms with Gasteiger partial charge < -0.3 is 9.47 Å². The first-order valence-corrected chi connectivity index (χ1v) is 6.63. The third kappa shape index (κ3) is 4.07. The Morgan fingerprint density at radius 3 is 2.29 bits per heavy atom. The first-order valence-electron chi connectivity index (χ1n) is 6.26. The third-order valence-electron chi connectivity index (χ3n) is 2.67. The molecule has 0 bridgehead atoms. The maximum Gasteiger partial charge on any atom is 0.349 e. The van der Waals surface area contributed by atoms with Gasteiger partial charge in [0.2, 0.25) is 0 Å². The molecule has 0 saturated heterocycles. The smallest absolute Gasteiger partial charge is 0.349 e. The summed E-state index contributed by atoms with van der Waals surface area (Å²) in [6.45, 7) is 1.11. The van der Waals surface area contributed by atoms with Gasteiger partial charge in [-0.2, -0.15) is 0 Å². The Morgan fingerprint density at radius 1 is 1.00 bits per heavy atom. The van der Waals surface area contributed by atoms with Gasteiger partial charge in [-0.1, -0.05) is 35.9 Å². The molecule has 4 nitrogen and oxygen atoms in total. The van der Waals surface area contributed by atoms with E-state index < -0.39 is 5.97 Å². The Hall–Kier alpha value is -2.33. The molecule has 108 valence electrons. The summed E-state index contributed by atoms with van der Waals surface area (Å²) in [4.78, 5) is 23.2. The normalized spacial score (nSPS) is 10.0. The van der Waals surface area contributed by atoms with Crippen molar-refractivity contribution >= 4 is 23.4 Å². The van der Waals surface area contributed by atoms with Gasteiger partial charge in [0.25, 0.3) is 0 Å². The van der Waals surface area contributed by atoms with Gasteiger partial charge in [-0.3, -0.25) is 4.79 Å². The van der Waals surface area contributed by atoms with Crippen molar-refractivity contribution in [1.29, 1.82) is 0 Å². The van der Waals surface area contributed by atoms with Gasteiger partial charge in [0, 0.05) is 0 Å². The van der Waals surface area contributed by atoms with Gasteiger partial charge in [-0.05, 0) is 31.2 Å². The lowest BCUT2D eigenvalue weighted by molar-refractivity contribution is -0.136. The zero-order valence-corrected chi connectivity index (χ0v) is 12.1. The fourth-order valence-electron chi connectivity index (χ4n) is 1.70. The van der Waals surface area contributed by atoms with Crippen molar-refractivity contribution in [1.82, 2.24) is 0 Å². The number of hydrogen-bond acceptors (Lipinski definition) is 4. The van der Waals surface area contributed by atoms with Gasteiger partial charge in [0.1, 0.15) is 11.5 Å². The van der Waals surface area contributed by atoms with Crippen molar-refractivity contribution < 1.29 is 19.1 Å². The van der Waals surface area contributed by atoms with Gasteiger partial charge in [0.15, 0.2) is 12.4 Å². The Labute approximate surface area is 127 Å². The minimum atomic E-state index is -0.608. The van der Waals surface area contributed by atoms with Crippen molar-refractivity contribution in [3.05, 3.63) is 59.1 Å². The number of ketones is 1. The second-order valence-electron chi connectivity index (χ2n) is 4.25. The van der Waals surface area contributed by atoms with E-state index in [0.717, 1.165) is 0 Å². The molecule has 2 aromatic rings. The molecule has 0 fully saturated rings. The van der Waals surface area contributed by atoms with E-state index >= 15 is 0 Å². The predicted molar refractivity (Wildman–Crippen MR) is 79.0 cm³/mol. The number of carbonyl (C=O) groups is 2. The van der Waals surface area contributed by atoms with Gasteiger partial charge in [-0.15, -0.1) is 0 Å². The highest BCUT2D eigenvalue weighted by atomic mass is 35.5. The highest BCUT2D eigenvalue weighted by Crippen LogP contribution is 2.23. The number of para-hydroxylation sites is 2. The molecule has 0 radical (unpaired) electrons. The van der Waals surface area contributed by atoms with Gasteiger partial charge in [0.05, 0.1) is 10.6 Å². The zero-order valence-electron chi connectivity index (χ0n) is 11.3. The topological polar surface area (TPSA) is 52.6 Å². The molecule has 5 heteroatoms. The lowest BCUT2D eigenvalue weighted by Crippen LogP contribution is -2.18. The Morgan fingerprint density at radius 2 is 1.62 bits per heavy atom. The summed E-state index contributed by atoms with van der Waals surface area (Å²) in [5, 5.41) is 0.412. The largest absolute Gasteiger partial charge is 0.480 e. The second kappa shape index (κ2) is 6.90. The van der Waals surface area contributed by atoms with Crippen molar-refractivity contribution in [2.24, 2.45) is 0 Å². The fourth-order valence-corrected chi connectivity index (χ4v) is 1.89. The Balaban J connectivity index is 2.00. The molecule has 2 aromatic carbocycles. The highest BCUT2D eigenvalue weighted by Gasteiger charge is 2.12. The zero-order chi connectivity index (χ0) is 15.2. The molecule has 0 N–H and O–H groups in total. The van der Waals surface area contributed by atoms with Crippen LogP contribution in [-0.2, 0) is 4.79 Å². The van der Waals surface area contributed by atoms with E-state index in [2.05, 4.69) is 0 Å². The molecule has 0 unspecified atom stereocenters. The lowest BCUT2D eigenvalue weighted by Gasteiger charge is -2.09. The number of ether oxygens (including phenoxy) is 2. The van der Waals surface area contributed by atoms with Crippen LogP contribution >= 0.6 is 11.6 Å². The molecular formula is C16H13ClO4. The van der Waals surface area contributed by atoms with E-state index in [1.807, 2.05) is 0 Å². The number of esters is 1. The monoisotopic (exact) mass is 304 g/mol. The number of halogens is 1. The molecule has 0 heterocycles. The van der Waals surface area contributed by atoms with E-state index in [0.29, 0.717) is 16.3 Å². The molecule has 0 amide bonds. The maximum absolute atomic E-state index is 11.8. The summed E-state index contributed by atoms with van der Waals surface area (Å²) in [5.74, 6) is -0.164.